The maximum atomic E-state index is 4.60. The second-order valence-corrected chi connectivity index (χ2v) is 5.42. The number of nitrogens with zero attached hydrogens (tertiary/aromatic N) is 2. The van der Waals surface area contributed by atoms with Crippen molar-refractivity contribution in [2.24, 2.45) is 0 Å². The third-order valence-electron chi connectivity index (χ3n) is 4.03. The second-order valence-electron chi connectivity index (χ2n) is 5.42. The van der Waals surface area contributed by atoms with Crippen LogP contribution in [0.2, 0.25) is 0 Å². The van der Waals surface area contributed by atoms with Crippen LogP contribution in [0.25, 0.3) is 16.9 Å². The molecular weight excluding hydrogens is 220 g/mol. The van der Waals surface area contributed by atoms with Crippen LogP contribution in [0.4, 0.5) is 0 Å². The fraction of sp³-hybridized carbons (Fsp3) is 0.188. The Bertz CT molecular complexity index is 766. The molecule has 0 fully saturated rings. The van der Waals surface area contributed by atoms with Gasteiger partial charge < -0.3 is 0 Å². The summed E-state index contributed by atoms with van der Waals surface area (Å²) in [6, 6.07) is 15.0. The summed E-state index contributed by atoms with van der Waals surface area (Å²) in [6.07, 6.45) is 1.96. The van der Waals surface area contributed by atoms with E-state index in [-0.39, 0.29) is 5.41 Å². The van der Waals surface area contributed by atoms with Crippen molar-refractivity contribution in [2.75, 3.05) is 0 Å². The molecule has 0 spiro atoms. The van der Waals surface area contributed by atoms with E-state index in [1.807, 2.05) is 6.20 Å². The molecule has 0 amide bonds. The predicted octanol–water partition coefficient (Wildman–Crippen LogP) is 3.64. The van der Waals surface area contributed by atoms with Gasteiger partial charge in [0.2, 0.25) is 0 Å². The SMILES string of the molecule is CC1(C)c2ccccc2-c2ncc3cccc1n23. The minimum atomic E-state index is 0.0177. The van der Waals surface area contributed by atoms with Gasteiger partial charge in [-0.25, -0.2) is 4.98 Å². The van der Waals surface area contributed by atoms with Crippen LogP contribution in [-0.4, -0.2) is 9.38 Å². The summed E-state index contributed by atoms with van der Waals surface area (Å²) in [5.41, 5.74) is 5.11. The molecule has 3 aromatic rings. The summed E-state index contributed by atoms with van der Waals surface area (Å²) in [5, 5.41) is 0. The molecule has 3 heterocycles. The van der Waals surface area contributed by atoms with Gasteiger partial charge in [0, 0.05) is 16.7 Å². The van der Waals surface area contributed by atoms with Crippen molar-refractivity contribution in [1.82, 2.24) is 9.38 Å². The van der Waals surface area contributed by atoms with Gasteiger partial charge in [-0.2, -0.15) is 0 Å². The zero-order valence-corrected chi connectivity index (χ0v) is 10.5. The molecule has 0 saturated carbocycles. The van der Waals surface area contributed by atoms with E-state index in [2.05, 4.69) is 65.7 Å². The summed E-state index contributed by atoms with van der Waals surface area (Å²) in [6.45, 7) is 4.56. The first kappa shape index (κ1) is 9.89. The quantitative estimate of drug-likeness (QED) is 0.580. The minimum absolute atomic E-state index is 0.0177. The van der Waals surface area contributed by atoms with E-state index >= 15 is 0 Å². The Labute approximate surface area is 106 Å². The number of rotatable bonds is 0. The van der Waals surface area contributed by atoms with Crippen LogP contribution in [0.3, 0.4) is 0 Å². The lowest BCUT2D eigenvalue weighted by atomic mass is 9.76. The average Bonchev–Trinajstić information content (AvgIpc) is 2.81. The molecule has 2 aromatic heterocycles. The number of fused-ring (bicyclic) bond motifs is 2. The van der Waals surface area contributed by atoms with E-state index in [4.69, 9.17) is 0 Å². The lowest BCUT2D eigenvalue weighted by molar-refractivity contribution is 0.598. The molecule has 88 valence electrons. The van der Waals surface area contributed by atoms with E-state index in [0.29, 0.717) is 0 Å². The molecule has 4 rings (SSSR count). The van der Waals surface area contributed by atoms with E-state index in [1.165, 1.54) is 22.3 Å². The number of imidazole rings is 1. The number of benzene rings is 1. The maximum absolute atomic E-state index is 4.60. The third-order valence-corrected chi connectivity index (χ3v) is 4.03. The van der Waals surface area contributed by atoms with Crippen molar-refractivity contribution in [3.8, 4) is 11.4 Å². The van der Waals surface area contributed by atoms with Crippen molar-refractivity contribution < 1.29 is 0 Å². The summed E-state index contributed by atoms with van der Waals surface area (Å²) < 4.78 is 2.28. The van der Waals surface area contributed by atoms with Gasteiger partial charge in [0.25, 0.3) is 0 Å². The highest BCUT2D eigenvalue weighted by molar-refractivity contribution is 5.72. The van der Waals surface area contributed by atoms with Gasteiger partial charge in [-0.05, 0) is 17.7 Å². The molecule has 2 heteroatoms. The predicted molar refractivity (Wildman–Crippen MR) is 72.8 cm³/mol. The van der Waals surface area contributed by atoms with Crippen LogP contribution >= 0.6 is 0 Å². The molecule has 1 aromatic carbocycles. The first-order valence-corrected chi connectivity index (χ1v) is 6.26. The molecule has 0 atom stereocenters. The van der Waals surface area contributed by atoms with Crippen LogP contribution in [0, 0.1) is 0 Å². The van der Waals surface area contributed by atoms with Crippen molar-refractivity contribution >= 4 is 5.52 Å². The number of hydrogen-bond acceptors (Lipinski definition) is 1. The molecule has 0 N–H and O–H groups in total. The Kier molecular flexibility index (Phi) is 1.66. The molecule has 2 nitrogen and oxygen atoms in total. The topological polar surface area (TPSA) is 17.3 Å². The molecule has 1 aliphatic rings. The molecule has 0 bridgehead atoms. The van der Waals surface area contributed by atoms with Crippen molar-refractivity contribution in [1.29, 1.82) is 0 Å². The van der Waals surface area contributed by atoms with Gasteiger partial charge in [-0.15, -0.1) is 0 Å². The number of aromatic nitrogens is 2. The van der Waals surface area contributed by atoms with E-state index in [9.17, 15) is 0 Å². The Morgan fingerprint density at radius 3 is 2.72 bits per heavy atom. The first-order valence-electron chi connectivity index (χ1n) is 6.26. The fourth-order valence-electron chi connectivity index (χ4n) is 3.09. The highest BCUT2D eigenvalue weighted by Crippen LogP contribution is 2.42. The molecule has 0 aliphatic carbocycles. The van der Waals surface area contributed by atoms with E-state index in [1.54, 1.807) is 0 Å². The number of hydrogen-bond donors (Lipinski definition) is 0. The van der Waals surface area contributed by atoms with Gasteiger partial charge in [-0.3, -0.25) is 4.40 Å². The molecule has 0 unspecified atom stereocenters. The van der Waals surface area contributed by atoms with Crippen LogP contribution in [0.5, 0.6) is 0 Å². The number of pyridine rings is 1. The largest absolute Gasteiger partial charge is 0.296 e. The lowest BCUT2D eigenvalue weighted by Crippen LogP contribution is -2.27. The second kappa shape index (κ2) is 3.02. The van der Waals surface area contributed by atoms with Crippen LogP contribution in [0.15, 0.2) is 48.7 Å². The smallest absolute Gasteiger partial charge is 0.145 e. The highest BCUT2D eigenvalue weighted by atomic mass is 15.0. The summed E-state index contributed by atoms with van der Waals surface area (Å²) >= 11 is 0. The monoisotopic (exact) mass is 234 g/mol. The van der Waals surface area contributed by atoms with Crippen LogP contribution in [0.1, 0.15) is 25.1 Å². The molecule has 18 heavy (non-hydrogen) atoms. The van der Waals surface area contributed by atoms with Gasteiger partial charge in [0.15, 0.2) is 0 Å². The zero-order chi connectivity index (χ0) is 12.3. The van der Waals surface area contributed by atoms with E-state index < -0.39 is 0 Å². The molecule has 0 saturated heterocycles. The Morgan fingerprint density at radius 2 is 1.83 bits per heavy atom. The van der Waals surface area contributed by atoms with Gasteiger partial charge >= 0.3 is 0 Å². The van der Waals surface area contributed by atoms with Crippen LogP contribution < -0.4 is 0 Å². The molecule has 1 aliphatic heterocycles. The maximum Gasteiger partial charge on any atom is 0.145 e. The summed E-state index contributed by atoms with van der Waals surface area (Å²) in [4.78, 5) is 4.60. The Morgan fingerprint density at radius 1 is 1.00 bits per heavy atom. The fourth-order valence-corrected chi connectivity index (χ4v) is 3.09. The van der Waals surface area contributed by atoms with Gasteiger partial charge in [-0.1, -0.05) is 44.2 Å². The lowest BCUT2D eigenvalue weighted by Gasteiger charge is -2.33. The Hall–Kier alpha value is -2.09. The summed E-state index contributed by atoms with van der Waals surface area (Å²) in [7, 11) is 0. The van der Waals surface area contributed by atoms with E-state index in [0.717, 1.165) is 5.82 Å². The van der Waals surface area contributed by atoms with Crippen molar-refractivity contribution in [3.05, 3.63) is 59.9 Å². The minimum Gasteiger partial charge on any atom is -0.296 e. The van der Waals surface area contributed by atoms with Gasteiger partial charge in [0.05, 0.1) is 11.7 Å². The normalized spacial score (nSPS) is 15.7. The molecular formula is C16H14N2. The average molecular weight is 234 g/mol. The standard InChI is InChI=1S/C16H14N2/c1-16(2)13-8-4-3-7-12(13)15-17-10-11-6-5-9-14(16)18(11)15/h3-10H,1-2H3. The van der Waals surface area contributed by atoms with Crippen molar-refractivity contribution in [3.63, 3.8) is 0 Å². The van der Waals surface area contributed by atoms with Crippen molar-refractivity contribution in [2.45, 2.75) is 19.3 Å². The summed E-state index contributed by atoms with van der Waals surface area (Å²) in [5.74, 6) is 1.07. The Balaban J connectivity index is 2.27. The molecule has 0 radical (unpaired) electrons. The first-order chi connectivity index (χ1) is 8.69. The highest BCUT2D eigenvalue weighted by Gasteiger charge is 2.33. The zero-order valence-electron chi connectivity index (χ0n) is 10.5. The van der Waals surface area contributed by atoms with Gasteiger partial charge in [0.1, 0.15) is 5.82 Å². The third kappa shape index (κ3) is 1.01. The van der Waals surface area contributed by atoms with Crippen LogP contribution in [-0.2, 0) is 5.41 Å².